The third-order valence-electron chi connectivity index (χ3n) is 18.6. The van der Waals surface area contributed by atoms with E-state index < -0.39 is 40.1 Å². The molecule has 0 saturated heterocycles. The van der Waals surface area contributed by atoms with Crippen LogP contribution in [0.3, 0.4) is 0 Å². The summed E-state index contributed by atoms with van der Waals surface area (Å²) in [4.78, 5) is 39.0. The molecule has 4 aromatic carbocycles. The number of halogens is 7. The molecule has 41 heteroatoms. The number of H-pyrrole nitrogens is 3. The monoisotopic (exact) mass is 2380 g/mol. The molecule has 0 saturated carbocycles. The second-order valence-electron chi connectivity index (χ2n) is 26.6. The van der Waals surface area contributed by atoms with Crippen LogP contribution in [0.4, 0.5) is 0 Å². The van der Waals surface area contributed by atoms with Crippen LogP contribution in [0, 0.1) is 65.0 Å². The van der Waals surface area contributed by atoms with Crippen LogP contribution in [0.15, 0.2) is 331 Å². The van der Waals surface area contributed by atoms with E-state index in [0.29, 0.717) is 84.1 Å². The van der Waals surface area contributed by atoms with Gasteiger partial charge in [-0.05, 0) is 238 Å². The first-order valence-corrected chi connectivity index (χ1v) is 48.8. The molecule has 20 aromatic rings. The maximum absolute atomic E-state index is 13.2. The Kier molecular flexibility index (Phi) is 30.3. The van der Waals surface area contributed by atoms with Gasteiger partial charge in [0.15, 0.2) is 22.6 Å². The summed E-state index contributed by atoms with van der Waals surface area (Å²) in [6, 6.07) is 58.9. The van der Waals surface area contributed by atoms with Crippen molar-refractivity contribution in [1.82, 2.24) is 65.7 Å². The lowest BCUT2D eigenvalue weighted by atomic mass is 10.1. The molecule has 16 heterocycles. The Labute approximate surface area is 812 Å². The lowest BCUT2D eigenvalue weighted by molar-refractivity contribution is 0.325. The summed E-state index contributed by atoms with van der Waals surface area (Å²) in [5.41, 5.74) is 9.00. The lowest BCUT2D eigenvalue weighted by Gasteiger charge is -2.08. The number of furan rings is 2. The van der Waals surface area contributed by atoms with Crippen LogP contribution in [0.1, 0.15) is 34.7 Å². The molecule has 30 nitrogen and oxygen atoms in total. The standard InChI is InChI=1S/C20H17N3O4S.C18H11N3O3S.C14H8IN3O2S.C13H8BrIN2O2S.C8H4IN3.C8H5N3.C7H4BrIN2.ClH/c1-2-27-19(21)15-10-17-18(14-8-9-26-13-14)12-23(20(17)22-11-15)28(24,25)16-6-4-3-5-7-16;19-9-13-8-16-17(14-6-7-24-12-14)11-21(18(16)20-10-13)25(22,23)15-4-2-1-3-5-15;15-13-9-18(14-12(13)6-10(7-16)8-17-14)21(19,20)11-4-2-1-3-5-11;14-9-6-11-12(15)8-17(13(11)16-7-9)20(18,19)10-4-2-1-3-5-10;9-7-4-12-8-6(7)1-5(2-10)3-11-8;9-4-6-3-7-1-2-10-8(7)11-5-6;8-4-1-5-6(9)3-11-7(5)10-2-4;/h3-13,21H,2H2,1H3;1-8,10-12H;1-6,8-9H;1-8H;1,3-4H,(H,11,12);1-3,5H,(H,10,11);1-3H,(H,10,11);1H. The quantitative estimate of drug-likeness (QED) is 0.0501. The van der Waals surface area contributed by atoms with Crippen LogP contribution >= 0.6 is 135 Å². The van der Waals surface area contributed by atoms with Gasteiger partial charge in [-0.15, -0.1) is 12.4 Å². The van der Waals surface area contributed by atoms with Crippen molar-refractivity contribution in [1.29, 1.82) is 26.5 Å². The number of nitrogens with zero attached hydrogens (tertiary/aromatic N) is 15. The topological polar surface area (TPSA) is 448 Å². The number of aromatic amines is 3. The zero-order valence-corrected chi connectivity index (χ0v) is 81.8. The van der Waals surface area contributed by atoms with E-state index >= 15 is 0 Å². The van der Waals surface area contributed by atoms with Crippen LogP contribution in [-0.4, -0.2) is 112 Å². The van der Waals surface area contributed by atoms with E-state index in [4.69, 9.17) is 40.0 Å². The van der Waals surface area contributed by atoms with Crippen LogP contribution in [-0.2, 0) is 44.8 Å². The van der Waals surface area contributed by atoms with Crippen LogP contribution in [0.2, 0.25) is 0 Å². The van der Waals surface area contributed by atoms with Crippen LogP contribution < -0.4 is 0 Å². The third-order valence-corrected chi connectivity index (χ3v) is 29.6. The van der Waals surface area contributed by atoms with Crippen molar-refractivity contribution in [2.75, 3.05) is 6.61 Å². The fourth-order valence-corrected chi connectivity index (χ4v) is 21.4. The molecular formula is C88H58Br2ClI4N19O11S4. The number of hydrogen-bond donors (Lipinski definition) is 4. The van der Waals surface area contributed by atoms with E-state index in [2.05, 4.69) is 162 Å². The Morgan fingerprint density at radius 3 is 1.18 bits per heavy atom. The molecule has 16 aromatic heterocycles. The molecule has 0 aliphatic carbocycles. The maximum Gasteiger partial charge on any atom is 0.269 e. The average molecular weight is 2390 g/mol. The third kappa shape index (κ3) is 20.9. The summed E-state index contributed by atoms with van der Waals surface area (Å²) in [6.07, 6.45) is 28.5. The number of hydrogen-bond acceptors (Lipinski definition) is 23. The van der Waals surface area contributed by atoms with Gasteiger partial charge in [-0.3, -0.25) is 5.41 Å². The fraction of sp³-hybridized carbons (Fsp3) is 0.0227. The molecule has 20 rings (SSSR count). The molecule has 0 aliphatic heterocycles. The summed E-state index contributed by atoms with van der Waals surface area (Å²) < 4.78 is 129. The van der Waals surface area contributed by atoms with Gasteiger partial charge >= 0.3 is 0 Å². The molecule has 4 N–H and O–H groups in total. The summed E-state index contributed by atoms with van der Waals surface area (Å²) >= 11 is 15.3. The molecule has 0 atom stereocenters. The van der Waals surface area contributed by atoms with E-state index in [1.54, 1.807) is 165 Å². The van der Waals surface area contributed by atoms with Crippen LogP contribution in [0.5, 0.6) is 0 Å². The van der Waals surface area contributed by atoms with Crippen molar-refractivity contribution in [3.63, 3.8) is 0 Å². The van der Waals surface area contributed by atoms with Gasteiger partial charge in [0.05, 0.1) is 79.1 Å². The Balaban J connectivity index is 0.000000131. The first-order valence-electron chi connectivity index (χ1n) is 37.1. The molecule has 0 bridgehead atoms. The van der Waals surface area contributed by atoms with Gasteiger partial charge in [0.2, 0.25) is 5.90 Å². The van der Waals surface area contributed by atoms with Crippen molar-refractivity contribution in [3.8, 4) is 46.5 Å². The smallest absolute Gasteiger partial charge is 0.269 e. The minimum absolute atomic E-state index is 0. The SMILES string of the molecule is Brc1cnc2[nH]cc(I)c2c1.CCOC(=N)c1cnc2c(c1)c(-c1ccoc1)cn2S(=O)(=O)c1ccccc1.Cl.N#Cc1cnc2[nH]cc(I)c2c1.N#Cc1cnc2[nH]ccc2c1.N#Cc1cnc2c(c1)c(-c1ccoc1)cn2S(=O)(=O)c1ccccc1.N#Cc1cnc2c(c1)c(I)cn2S(=O)(=O)c1ccccc1.O=S(=O)(c1ccccc1)n1cc(I)c2cc(Br)cnc21. The first kappa shape index (κ1) is 94.3. The van der Waals surface area contributed by atoms with Crippen molar-refractivity contribution >= 4 is 258 Å². The molecule has 0 spiro atoms. The molecule has 0 unspecified atom stereocenters. The highest BCUT2D eigenvalue weighted by Gasteiger charge is 2.28. The van der Waals surface area contributed by atoms with Gasteiger partial charge in [-0.1, -0.05) is 72.8 Å². The predicted molar refractivity (Wildman–Crippen MR) is 530 cm³/mol. The highest BCUT2D eigenvalue weighted by molar-refractivity contribution is 14.1. The van der Waals surface area contributed by atoms with E-state index in [1.807, 2.05) is 71.4 Å². The van der Waals surface area contributed by atoms with E-state index in [9.17, 15) is 33.7 Å². The molecule has 0 amide bonds. The van der Waals surface area contributed by atoms with Gasteiger partial charge < -0.3 is 28.5 Å². The molecule has 129 heavy (non-hydrogen) atoms. The van der Waals surface area contributed by atoms with Crippen molar-refractivity contribution in [2.24, 2.45) is 0 Å². The number of benzene rings is 4. The minimum Gasteiger partial charge on any atom is -0.478 e. The molecule has 0 aliphatic rings. The summed E-state index contributed by atoms with van der Waals surface area (Å²) in [6.45, 7) is 2.15. The van der Waals surface area contributed by atoms with Gasteiger partial charge in [0, 0.05) is 170 Å². The molecule has 644 valence electrons. The number of nitrogens with one attached hydrogen (secondary N) is 4. The maximum atomic E-state index is 13.2. The van der Waals surface area contributed by atoms with Gasteiger partial charge in [-0.2, -0.15) is 21.0 Å². The zero-order chi connectivity index (χ0) is 90.6. The van der Waals surface area contributed by atoms with Crippen molar-refractivity contribution in [2.45, 2.75) is 26.5 Å². The number of aromatic nitrogens is 14. The number of ether oxygens (including phenoxy) is 1. The summed E-state index contributed by atoms with van der Waals surface area (Å²) in [5, 5.41) is 49.0. The molecular weight excluding hydrogens is 2330 g/mol. The zero-order valence-electron chi connectivity index (χ0n) is 65.9. The molecule has 0 radical (unpaired) electrons. The van der Waals surface area contributed by atoms with Crippen molar-refractivity contribution in [3.05, 3.63) is 345 Å². The normalized spacial score (nSPS) is 11.1. The Bertz CT molecular complexity index is 8230. The highest BCUT2D eigenvalue weighted by Crippen LogP contribution is 2.37. The van der Waals surface area contributed by atoms with Gasteiger partial charge in [-0.25, -0.2) is 84.4 Å². The average Bonchev–Trinajstić information content (AvgIpc) is 1.61. The highest BCUT2D eigenvalue weighted by atomic mass is 127. The predicted octanol–water partition coefficient (Wildman–Crippen LogP) is 20.5. The number of pyridine rings is 7. The minimum atomic E-state index is -3.84. The number of rotatable bonds is 12. The second-order valence-corrected chi connectivity index (χ2v) is 40.4. The number of fused-ring (bicyclic) bond motifs is 7. The lowest BCUT2D eigenvalue weighted by Crippen LogP contribution is -2.12. The van der Waals surface area contributed by atoms with Crippen LogP contribution in [0.25, 0.3) is 99.5 Å². The van der Waals surface area contributed by atoms with Crippen molar-refractivity contribution < 1.29 is 47.2 Å². The fourth-order valence-electron chi connectivity index (χ4n) is 12.5. The summed E-state index contributed by atoms with van der Waals surface area (Å²) in [7, 11) is -15.0. The van der Waals surface area contributed by atoms with E-state index in [1.165, 1.54) is 112 Å². The number of nitriles is 4. The Morgan fingerprint density at radius 1 is 0.411 bits per heavy atom. The van der Waals surface area contributed by atoms with Gasteiger partial charge in [0.25, 0.3) is 40.1 Å². The second kappa shape index (κ2) is 41.4. The molecule has 0 fully saturated rings. The van der Waals surface area contributed by atoms with Gasteiger partial charge in [0.1, 0.15) is 41.2 Å². The van der Waals surface area contributed by atoms with E-state index in [-0.39, 0.29) is 49.2 Å². The first-order chi connectivity index (χ1) is 61.6. The summed E-state index contributed by atoms with van der Waals surface area (Å²) in [5.74, 6) is -0.0197. The Morgan fingerprint density at radius 2 is 0.752 bits per heavy atom. The Hall–Kier alpha value is -12.3. The largest absolute Gasteiger partial charge is 0.478 e. The van der Waals surface area contributed by atoms with E-state index in [0.717, 1.165) is 64.7 Å².